The average molecular weight is 452 g/mol. The van der Waals surface area contributed by atoms with Crippen LogP contribution in [0.3, 0.4) is 0 Å². The SMILES string of the molecule is Cc1cc(C)n(-c2ccc(NCCNC(=O)c3c(-c4ccccc4Cl)noc3C)nn2)n1. The van der Waals surface area contributed by atoms with Gasteiger partial charge in [-0.25, -0.2) is 4.68 Å². The van der Waals surface area contributed by atoms with E-state index in [0.717, 1.165) is 11.4 Å². The average Bonchev–Trinajstić information content (AvgIpc) is 3.33. The Kier molecular flexibility index (Phi) is 6.18. The van der Waals surface area contributed by atoms with Crippen molar-refractivity contribution in [1.82, 2.24) is 30.5 Å². The van der Waals surface area contributed by atoms with E-state index in [1.807, 2.05) is 44.2 Å². The Hall–Kier alpha value is -3.72. The number of aromatic nitrogens is 5. The Morgan fingerprint density at radius 2 is 1.91 bits per heavy atom. The van der Waals surface area contributed by atoms with Crippen LogP contribution in [0.1, 0.15) is 27.5 Å². The summed E-state index contributed by atoms with van der Waals surface area (Å²) in [6.45, 7) is 6.42. The quantitative estimate of drug-likeness (QED) is 0.412. The van der Waals surface area contributed by atoms with Crippen LogP contribution in [0, 0.1) is 20.8 Å². The molecule has 9 nitrogen and oxygen atoms in total. The van der Waals surface area contributed by atoms with E-state index >= 15 is 0 Å². The van der Waals surface area contributed by atoms with Gasteiger partial charge in [0.05, 0.1) is 10.7 Å². The van der Waals surface area contributed by atoms with Gasteiger partial charge in [-0.3, -0.25) is 4.79 Å². The van der Waals surface area contributed by atoms with Crippen LogP contribution >= 0.6 is 11.6 Å². The zero-order valence-electron chi connectivity index (χ0n) is 17.9. The van der Waals surface area contributed by atoms with Gasteiger partial charge in [0.25, 0.3) is 5.91 Å². The molecule has 1 amide bonds. The number of aryl methyl sites for hydroxylation is 3. The number of rotatable bonds is 7. The molecule has 0 aliphatic rings. The van der Waals surface area contributed by atoms with E-state index in [1.165, 1.54) is 0 Å². The minimum atomic E-state index is -0.286. The molecule has 0 radical (unpaired) electrons. The standard InChI is InChI=1S/C22H22ClN7O2/c1-13-12-14(2)30(28-13)19-9-8-18(26-27-19)24-10-11-25-22(31)20-15(3)32-29-21(20)16-6-4-5-7-17(16)23/h4-9,12H,10-11H2,1-3H3,(H,24,26)(H,25,31). The number of benzene rings is 1. The lowest BCUT2D eigenvalue weighted by atomic mass is 10.1. The van der Waals surface area contributed by atoms with E-state index in [2.05, 4.69) is 31.1 Å². The molecule has 0 aliphatic carbocycles. The van der Waals surface area contributed by atoms with Gasteiger partial charge in [-0.2, -0.15) is 5.10 Å². The molecule has 10 heteroatoms. The number of halogens is 1. The van der Waals surface area contributed by atoms with Crippen molar-refractivity contribution >= 4 is 23.3 Å². The predicted octanol–water partition coefficient (Wildman–Crippen LogP) is 3.74. The highest BCUT2D eigenvalue weighted by atomic mass is 35.5. The summed E-state index contributed by atoms with van der Waals surface area (Å²) in [4.78, 5) is 12.8. The lowest BCUT2D eigenvalue weighted by Crippen LogP contribution is -2.29. The molecule has 0 fully saturated rings. The van der Waals surface area contributed by atoms with Gasteiger partial charge in [0, 0.05) is 24.3 Å². The third kappa shape index (κ3) is 4.47. The van der Waals surface area contributed by atoms with Crippen LogP contribution in [0.15, 0.2) is 47.0 Å². The third-order valence-corrected chi connectivity index (χ3v) is 5.14. The number of hydrogen-bond donors (Lipinski definition) is 2. The van der Waals surface area contributed by atoms with E-state index in [4.69, 9.17) is 16.1 Å². The molecule has 0 bridgehead atoms. The second kappa shape index (κ2) is 9.19. The zero-order valence-corrected chi connectivity index (χ0v) is 18.6. The summed E-state index contributed by atoms with van der Waals surface area (Å²) in [7, 11) is 0. The normalized spacial score (nSPS) is 10.9. The highest BCUT2D eigenvalue weighted by Gasteiger charge is 2.22. The first-order valence-electron chi connectivity index (χ1n) is 10.0. The molecule has 3 heterocycles. The Morgan fingerprint density at radius 1 is 1.09 bits per heavy atom. The fraction of sp³-hybridized carbons (Fsp3) is 0.227. The summed E-state index contributed by atoms with van der Waals surface area (Å²) >= 11 is 6.26. The number of carbonyl (C=O) groups excluding carboxylic acids is 1. The molecule has 164 valence electrons. The Morgan fingerprint density at radius 3 is 2.59 bits per heavy atom. The van der Waals surface area contributed by atoms with Crippen LogP contribution in [0.5, 0.6) is 0 Å². The van der Waals surface area contributed by atoms with E-state index in [-0.39, 0.29) is 5.91 Å². The monoisotopic (exact) mass is 451 g/mol. The van der Waals surface area contributed by atoms with E-state index in [1.54, 1.807) is 23.7 Å². The van der Waals surface area contributed by atoms with Crippen molar-refractivity contribution in [3.63, 3.8) is 0 Å². The summed E-state index contributed by atoms with van der Waals surface area (Å²) in [5, 5.41) is 23.3. The number of nitrogens with one attached hydrogen (secondary N) is 2. The molecule has 0 atom stereocenters. The van der Waals surface area contributed by atoms with Crippen LogP contribution in [0.2, 0.25) is 5.02 Å². The maximum atomic E-state index is 12.8. The lowest BCUT2D eigenvalue weighted by molar-refractivity contribution is 0.0954. The highest BCUT2D eigenvalue weighted by Crippen LogP contribution is 2.30. The molecule has 4 rings (SSSR count). The fourth-order valence-electron chi connectivity index (χ4n) is 3.32. The summed E-state index contributed by atoms with van der Waals surface area (Å²) in [5.74, 6) is 1.38. The van der Waals surface area contributed by atoms with E-state index in [0.29, 0.717) is 52.3 Å². The molecular weight excluding hydrogens is 430 g/mol. The molecule has 4 aromatic rings. The van der Waals surface area contributed by atoms with Crippen LogP contribution in [0.4, 0.5) is 5.82 Å². The molecule has 2 N–H and O–H groups in total. The minimum Gasteiger partial charge on any atom is -0.367 e. The molecular formula is C22H22ClN7O2. The van der Waals surface area contributed by atoms with Crippen molar-refractivity contribution < 1.29 is 9.32 Å². The van der Waals surface area contributed by atoms with Gasteiger partial charge < -0.3 is 15.2 Å². The summed E-state index contributed by atoms with van der Waals surface area (Å²) in [5.41, 5.74) is 3.34. The van der Waals surface area contributed by atoms with Crippen LogP contribution in [0.25, 0.3) is 17.1 Å². The zero-order chi connectivity index (χ0) is 22.7. The first-order chi connectivity index (χ1) is 15.4. The van der Waals surface area contributed by atoms with Gasteiger partial charge in [0.15, 0.2) is 5.82 Å². The van der Waals surface area contributed by atoms with Gasteiger partial charge in [0.1, 0.15) is 22.8 Å². The van der Waals surface area contributed by atoms with Crippen molar-refractivity contribution in [3.8, 4) is 17.1 Å². The molecule has 1 aromatic carbocycles. The Balaban J connectivity index is 1.35. The Bertz CT molecular complexity index is 1250. The van der Waals surface area contributed by atoms with Gasteiger partial charge in [-0.1, -0.05) is 35.0 Å². The molecule has 0 aliphatic heterocycles. The van der Waals surface area contributed by atoms with Crippen molar-refractivity contribution in [1.29, 1.82) is 0 Å². The topological polar surface area (TPSA) is 111 Å². The van der Waals surface area contributed by atoms with Crippen LogP contribution in [-0.4, -0.2) is 44.1 Å². The van der Waals surface area contributed by atoms with Gasteiger partial charge >= 0.3 is 0 Å². The second-order valence-electron chi connectivity index (χ2n) is 7.24. The second-order valence-corrected chi connectivity index (χ2v) is 7.65. The summed E-state index contributed by atoms with van der Waals surface area (Å²) in [6.07, 6.45) is 0. The predicted molar refractivity (Wildman–Crippen MR) is 121 cm³/mol. The molecule has 0 saturated heterocycles. The molecule has 0 unspecified atom stereocenters. The Labute approximate surface area is 189 Å². The molecule has 0 saturated carbocycles. The number of nitrogens with zero attached hydrogens (tertiary/aromatic N) is 5. The number of hydrogen-bond acceptors (Lipinski definition) is 7. The van der Waals surface area contributed by atoms with Crippen molar-refractivity contribution in [2.24, 2.45) is 0 Å². The van der Waals surface area contributed by atoms with Crippen LogP contribution in [-0.2, 0) is 0 Å². The van der Waals surface area contributed by atoms with Gasteiger partial charge in [0.2, 0.25) is 0 Å². The maximum Gasteiger partial charge on any atom is 0.257 e. The van der Waals surface area contributed by atoms with Crippen molar-refractivity contribution in [2.45, 2.75) is 20.8 Å². The molecule has 32 heavy (non-hydrogen) atoms. The highest BCUT2D eigenvalue weighted by molar-refractivity contribution is 6.33. The smallest absolute Gasteiger partial charge is 0.257 e. The van der Waals surface area contributed by atoms with E-state index < -0.39 is 0 Å². The summed E-state index contributed by atoms with van der Waals surface area (Å²) in [6, 6.07) is 12.8. The maximum absolute atomic E-state index is 12.8. The number of anilines is 1. The summed E-state index contributed by atoms with van der Waals surface area (Å²) < 4.78 is 6.99. The van der Waals surface area contributed by atoms with E-state index in [9.17, 15) is 4.79 Å². The van der Waals surface area contributed by atoms with Gasteiger partial charge in [-0.05, 0) is 45.0 Å². The van der Waals surface area contributed by atoms with Crippen molar-refractivity contribution in [3.05, 3.63) is 70.2 Å². The fourth-order valence-corrected chi connectivity index (χ4v) is 3.55. The first kappa shape index (κ1) is 21.5. The lowest BCUT2D eigenvalue weighted by Gasteiger charge is -2.09. The van der Waals surface area contributed by atoms with Crippen molar-refractivity contribution in [2.75, 3.05) is 18.4 Å². The minimum absolute atomic E-state index is 0.286. The molecule has 0 spiro atoms. The third-order valence-electron chi connectivity index (χ3n) is 4.81. The van der Waals surface area contributed by atoms with Gasteiger partial charge in [-0.15, -0.1) is 10.2 Å². The first-order valence-corrected chi connectivity index (χ1v) is 10.4. The number of amides is 1. The molecule has 3 aromatic heterocycles. The number of carbonyl (C=O) groups is 1. The van der Waals surface area contributed by atoms with Crippen LogP contribution < -0.4 is 10.6 Å². The largest absolute Gasteiger partial charge is 0.367 e.